The van der Waals surface area contributed by atoms with Crippen LogP contribution < -0.4 is 15.4 Å². The maximum Gasteiger partial charge on any atom is 0.144 e. The average molecular weight is 278 g/mol. The molecule has 0 aliphatic carbocycles. The van der Waals surface area contributed by atoms with Gasteiger partial charge in [0.1, 0.15) is 5.75 Å². The van der Waals surface area contributed by atoms with Crippen molar-refractivity contribution in [3.8, 4) is 5.75 Å². The van der Waals surface area contributed by atoms with Gasteiger partial charge in [0.15, 0.2) is 0 Å². The quantitative estimate of drug-likeness (QED) is 0.753. The monoisotopic (exact) mass is 278 g/mol. The zero-order chi connectivity index (χ0) is 14.4. The molecule has 1 saturated heterocycles. The molecule has 1 fully saturated rings. The van der Waals surface area contributed by atoms with Crippen LogP contribution in [-0.4, -0.2) is 30.9 Å². The second-order valence-electron chi connectivity index (χ2n) is 5.43. The summed E-state index contributed by atoms with van der Waals surface area (Å²) in [5, 5.41) is 9.01. The smallest absolute Gasteiger partial charge is 0.144 e. The van der Waals surface area contributed by atoms with Crippen molar-refractivity contribution in [2.24, 2.45) is 0 Å². The van der Waals surface area contributed by atoms with E-state index in [1.165, 1.54) is 18.5 Å². The molecule has 1 aromatic carbocycles. The van der Waals surface area contributed by atoms with Crippen LogP contribution in [0.15, 0.2) is 18.2 Å². The number of benzene rings is 1. The molecule has 1 aliphatic heterocycles. The Morgan fingerprint density at radius 3 is 3.05 bits per heavy atom. The number of nitrogens with two attached hydrogens (primary N) is 1. The third kappa shape index (κ3) is 3.57. The third-order valence-corrected chi connectivity index (χ3v) is 3.86. The lowest BCUT2D eigenvalue weighted by molar-refractivity contribution is 0.279. The fourth-order valence-electron chi connectivity index (χ4n) is 2.84. The number of hydrogen-bond acceptors (Lipinski definition) is 4. The van der Waals surface area contributed by atoms with E-state index in [0.717, 1.165) is 31.6 Å². The molecule has 4 nitrogen and oxygen atoms in total. The first-order chi connectivity index (χ1) is 9.76. The average Bonchev–Trinajstić information content (AvgIpc) is 2.92. The van der Waals surface area contributed by atoms with Crippen molar-refractivity contribution in [2.75, 3.05) is 30.4 Å². The van der Waals surface area contributed by atoms with Crippen molar-refractivity contribution in [2.45, 2.75) is 45.1 Å². The second-order valence-corrected chi connectivity index (χ2v) is 5.43. The molecular weight excluding hydrogens is 252 g/mol. The molecule has 4 heteroatoms. The van der Waals surface area contributed by atoms with Crippen molar-refractivity contribution >= 4 is 11.4 Å². The molecule has 1 atom stereocenters. The summed E-state index contributed by atoms with van der Waals surface area (Å²) in [5.41, 5.74) is 7.86. The summed E-state index contributed by atoms with van der Waals surface area (Å²) in [7, 11) is 0. The van der Waals surface area contributed by atoms with Crippen molar-refractivity contribution in [3.05, 3.63) is 18.2 Å². The standard InChI is InChI=1S/C16H26N2O2/c1-2-11-20-16-12-14(7-8-15(16)17)18-9-3-5-13(18)6-4-10-19/h7-8,12-13,19H,2-6,9-11,17H2,1H3. The highest BCUT2D eigenvalue weighted by Gasteiger charge is 2.24. The molecule has 0 amide bonds. The highest BCUT2D eigenvalue weighted by atomic mass is 16.5. The number of hydrogen-bond donors (Lipinski definition) is 2. The first kappa shape index (κ1) is 15.0. The zero-order valence-corrected chi connectivity index (χ0v) is 12.3. The minimum Gasteiger partial charge on any atom is -0.491 e. The molecule has 1 aromatic rings. The Labute approximate surface area is 121 Å². The maximum atomic E-state index is 9.01. The van der Waals surface area contributed by atoms with Crippen LogP contribution in [0, 0.1) is 0 Å². The Hall–Kier alpha value is -1.42. The molecule has 1 unspecified atom stereocenters. The van der Waals surface area contributed by atoms with E-state index in [-0.39, 0.29) is 6.61 Å². The topological polar surface area (TPSA) is 58.7 Å². The van der Waals surface area contributed by atoms with Gasteiger partial charge in [0.25, 0.3) is 0 Å². The highest BCUT2D eigenvalue weighted by Crippen LogP contribution is 2.33. The molecule has 0 aromatic heterocycles. The van der Waals surface area contributed by atoms with Gasteiger partial charge < -0.3 is 20.5 Å². The number of nitrogen functional groups attached to an aromatic ring is 1. The molecular formula is C16H26N2O2. The number of aliphatic hydroxyl groups excluding tert-OH is 1. The fourth-order valence-corrected chi connectivity index (χ4v) is 2.84. The molecule has 2 rings (SSSR count). The molecule has 0 spiro atoms. The van der Waals surface area contributed by atoms with Gasteiger partial charge in [-0.05, 0) is 44.2 Å². The van der Waals surface area contributed by atoms with E-state index in [9.17, 15) is 0 Å². The van der Waals surface area contributed by atoms with Crippen LogP contribution in [0.5, 0.6) is 5.75 Å². The fraction of sp³-hybridized carbons (Fsp3) is 0.625. The Morgan fingerprint density at radius 2 is 2.30 bits per heavy atom. The zero-order valence-electron chi connectivity index (χ0n) is 12.3. The van der Waals surface area contributed by atoms with Crippen molar-refractivity contribution in [1.82, 2.24) is 0 Å². The number of ether oxygens (including phenoxy) is 1. The van der Waals surface area contributed by atoms with Crippen LogP contribution >= 0.6 is 0 Å². The Bertz CT molecular complexity index is 423. The summed E-state index contributed by atoms with van der Waals surface area (Å²) in [4.78, 5) is 2.42. The van der Waals surface area contributed by atoms with Gasteiger partial charge in [0.05, 0.1) is 12.3 Å². The normalized spacial score (nSPS) is 18.5. The third-order valence-electron chi connectivity index (χ3n) is 3.86. The first-order valence-electron chi connectivity index (χ1n) is 7.66. The van der Waals surface area contributed by atoms with E-state index < -0.39 is 0 Å². The SMILES string of the molecule is CCCOc1cc(N2CCCC2CCCO)ccc1N. The summed E-state index contributed by atoms with van der Waals surface area (Å²) in [5.74, 6) is 0.789. The van der Waals surface area contributed by atoms with E-state index in [4.69, 9.17) is 15.6 Å². The summed E-state index contributed by atoms with van der Waals surface area (Å²) in [6.07, 6.45) is 5.31. The van der Waals surface area contributed by atoms with Crippen LogP contribution in [0.1, 0.15) is 39.0 Å². The lowest BCUT2D eigenvalue weighted by atomic mass is 10.1. The van der Waals surface area contributed by atoms with Gasteiger partial charge in [-0.3, -0.25) is 0 Å². The molecule has 0 bridgehead atoms. The van der Waals surface area contributed by atoms with Gasteiger partial charge in [-0.15, -0.1) is 0 Å². The van der Waals surface area contributed by atoms with Crippen LogP contribution in [0.2, 0.25) is 0 Å². The van der Waals surface area contributed by atoms with Gasteiger partial charge in [-0.1, -0.05) is 6.92 Å². The predicted molar refractivity (Wildman–Crippen MR) is 83.3 cm³/mol. The minimum absolute atomic E-state index is 0.275. The van der Waals surface area contributed by atoms with Gasteiger partial charge in [-0.2, -0.15) is 0 Å². The molecule has 1 aliphatic rings. The van der Waals surface area contributed by atoms with Gasteiger partial charge in [0, 0.05) is 30.9 Å². The van der Waals surface area contributed by atoms with Crippen LogP contribution in [0.4, 0.5) is 11.4 Å². The number of aliphatic hydroxyl groups is 1. The summed E-state index contributed by atoms with van der Waals surface area (Å²) in [6, 6.07) is 6.60. The largest absolute Gasteiger partial charge is 0.491 e. The molecule has 1 heterocycles. The van der Waals surface area contributed by atoms with Gasteiger partial charge in [0.2, 0.25) is 0 Å². The van der Waals surface area contributed by atoms with Crippen molar-refractivity contribution in [1.29, 1.82) is 0 Å². The maximum absolute atomic E-state index is 9.01. The summed E-state index contributed by atoms with van der Waals surface area (Å²) < 4.78 is 5.71. The van der Waals surface area contributed by atoms with E-state index in [0.29, 0.717) is 18.3 Å². The van der Waals surface area contributed by atoms with Crippen molar-refractivity contribution in [3.63, 3.8) is 0 Å². The van der Waals surface area contributed by atoms with Gasteiger partial charge >= 0.3 is 0 Å². The molecule has 112 valence electrons. The van der Waals surface area contributed by atoms with E-state index in [2.05, 4.69) is 24.0 Å². The predicted octanol–water partition coefficient (Wildman–Crippen LogP) is 2.80. The lowest BCUT2D eigenvalue weighted by Gasteiger charge is -2.27. The van der Waals surface area contributed by atoms with Gasteiger partial charge in [-0.25, -0.2) is 0 Å². The first-order valence-corrected chi connectivity index (χ1v) is 7.66. The Morgan fingerprint density at radius 1 is 1.45 bits per heavy atom. The summed E-state index contributed by atoms with van der Waals surface area (Å²) >= 11 is 0. The van der Waals surface area contributed by atoms with Crippen molar-refractivity contribution < 1.29 is 9.84 Å². The Balaban J connectivity index is 2.10. The number of anilines is 2. The molecule has 3 N–H and O–H groups in total. The molecule has 0 radical (unpaired) electrons. The van der Waals surface area contributed by atoms with Crippen LogP contribution in [0.3, 0.4) is 0 Å². The highest BCUT2D eigenvalue weighted by molar-refractivity contribution is 5.63. The van der Waals surface area contributed by atoms with Crippen LogP contribution in [0.25, 0.3) is 0 Å². The number of rotatable bonds is 7. The van der Waals surface area contributed by atoms with E-state index >= 15 is 0 Å². The Kier molecular flexibility index (Phi) is 5.53. The molecule has 20 heavy (non-hydrogen) atoms. The second kappa shape index (κ2) is 7.39. The van der Waals surface area contributed by atoms with E-state index in [1.807, 2.05) is 6.07 Å². The minimum atomic E-state index is 0.275. The summed E-state index contributed by atoms with van der Waals surface area (Å²) in [6.45, 7) is 4.14. The molecule has 0 saturated carbocycles. The van der Waals surface area contributed by atoms with Crippen LogP contribution in [-0.2, 0) is 0 Å². The lowest BCUT2D eigenvalue weighted by Crippen LogP contribution is -2.29. The number of nitrogens with zero attached hydrogens (tertiary/aromatic N) is 1. The van der Waals surface area contributed by atoms with E-state index in [1.54, 1.807) is 0 Å².